The Labute approximate surface area is 128 Å². The van der Waals surface area contributed by atoms with Gasteiger partial charge in [-0.05, 0) is 19.1 Å². The van der Waals surface area contributed by atoms with Crippen LogP contribution in [0, 0.1) is 6.92 Å². The summed E-state index contributed by atoms with van der Waals surface area (Å²) >= 11 is 0. The fourth-order valence-corrected chi connectivity index (χ4v) is 2.23. The standard InChI is InChI=1S/C15H17N5O2/c1-11-3-2-4-13(18-11)19-15(21)12-9-14(17-10-16-12)20-5-7-22-8-6-20/h2-4,9-10H,5-8H2,1H3,(H,18,19,21). The molecule has 0 bridgehead atoms. The molecule has 22 heavy (non-hydrogen) atoms. The molecule has 0 radical (unpaired) electrons. The van der Waals surface area contributed by atoms with Crippen LogP contribution in [0.2, 0.25) is 0 Å². The lowest BCUT2D eigenvalue weighted by Crippen LogP contribution is -2.37. The lowest BCUT2D eigenvalue weighted by Gasteiger charge is -2.27. The number of pyridine rings is 1. The number of carbonyl (C=O) groups excluding carboxylic acids is 1. The van der Waals surface area contributed by atoms with Crippen LogP contribution < -0.4 is 10.2 Å². The van der Waals surface area contributed by atoms with Gasteiger partial charge in [0.05, 0.1) is 13.2 Å². The number of anilines is 2. The first kappa shape index (κ1) is 14.4. The fraction of sp³-hybridized carbons (Fsp3) is 0.333. The van der Waals surface area contributed by atoms with Crippen LogP contribution in [0.5, 0.6) is 0 Å². The van der Waals surface area contributed by atoms with E-state index in [-0.39, 0.29) is 5.91 Å². The van der Waals surface area contributed by atoms with Gasteiger partial charge in [-0.25, -0.2) is 15.0 Å². The normalized spacial score (nSPS) is 14.7. The largest absolute Gasteiger partial charge is 0.378 e. The van der Waals surface area contributed by atoms with E-state index in [1.165, 1.54) is 6.33 Å². The number of aromatic nitrogens is 3. The van der Waals surface area contributed by atoms with Gasteiger partial charge in [0.25, 0.3) is 5.91 Å². The van der Waals surface area contributed by atoms with E-state index in [0.717, 1.165) is 24.6 Å². The van der Waals surface area contributed by atoms with E-state index in [9.17, 15) is 4.79 Å². The quantitative estimate of drug-likeness (QED) is 0.919. The molecule has 0 spiro atoms. The van der Waals surface area contributed by atoms with Crippen molar-refractivity contribution in [2.45, 2.75) is 6.92 Å². The number of nitrogens with one attached hydrogen (secondary N) is 1. The van der Waals surface area contributed by atoms with Crippen LogP contribution in [-0.2, 0) is 4.74 Å². The Morgan fingerprint density at radius 3 is 2.86 bits per heavy atom. The van der Waals surface area contributed by atoms with E-state index in [4.69, 9.17) is 4.74 Å². The van der Waals surface area contributed by atoms with E-state index in [0.29, 0.717) is 24.7 Å². The third-order valence-electron chi connectivity index (χ3n) is 3.35. The van der Waals surface area contributed by atoms with Crippen molar-refractivity contribution in [3.8, 4) is 0 Å². The van der Waals surface area contributed by atoms with Crippen LogP contribution in [-0.4, -0.2) is 47.2 Å². The maximum atomic E-state index is 12.3. The van der Waals surface area contributed by atoms with Crippen LogP contribution in [0.1, 0.15) is 16.2 Å². The maximum Gasteiger partial charge on any atom is 0.275 e. The second kappa shape index (κ2) is 6.48. The van der Waals surface area contributed by atoms with Crippen molar-refractivity contribution < 1.29 is 9.53 Å². The van der Waals surface area contributed by atoms with Crippen molar-refractivity contribution >= 4 is 17.5 Å². The topological polar surface area (TPSA) is 80.2 Å². The molecule has 3 heterocycles. The van der Waals surface area contributed by atoms with Crippen molar-refractivity contribution in [3.63, 3.8) is 0 Å². The van der Waals surface area contributed by atoms with E-state index < -0.39 is 0 Å². The van der Waals surface area contributed by atoms with Gasteiger partial charge in [0.15, 0.2) is 0 Å². The predicted molar refractivity (Wildman–Crippen MR) is 82.0 cm³/mol. The summed E-state index contributed by atoms with van der Waals surface area (Å²) in [6.45, 7) is 4.73. The second-order valence-corrected chi connectivity index (χ2v) is 4.98. The summed E-state index contributed by atoms with van der Waals surface area (Å²) < 4.78 is 5.32. The van der Waals surface area contributed by atoms with E-state index in [1.807, 2.05) is 19.1 Å². The summed E-state index contributed by atoms with van der Waals surface area (Å²) in [4.78, 5) is 26.9. The first-order valence-electron chi connectivity index (χ1n) is 7.12. The van der Waals surface area contributed by atoms with Crippen LogP contribution in [0.4, 0.5) is 11.6 Å². The molecule has 7 nitrogen and oxygen atoms in total. The molecule has 1 fully saturated rings. The highest BCUT2D eigenvalue weighted by Crippen LogP contribution is 2.14. The molecule has 1 aliphatic rings. The zero-order valence-electron chi connectivity index (χ0n) is 12.3. The summed E-state index contributed by atoms with van der Waals surface area (Å²) in [5.41, 5.74) is 1.16. The number of ether oxygens (including phenoxy) is 1. The third kappa shape index (κ3) is 3.37. The number of hydrogen-bond acceptors (Lipinski definition) is 6. The highest BCUT2D eigenvalue weighted by molar-refractivity contribution is 6.02. The number of hydrogen-bond donors (Lipinski definition) is 1. The molecule has 114 valence electrons. The van der Waals surface area contributed by atoms with Gasteiger partial charge in [0.1, 0.15) is 23.7 Å². The summed E-state index contributed by atoms with van der Waals surface area (Å²) in [5, 5.41) is 2.75. The first-order chi connectivity index (χ1) is 10.7. The SMILES string of the molecule is Cc1cccc(NC(=O)c2cc(N3CCOCC3)ncn2)n1. The van der Waals surface area contributed by atoms with E-state index in [1.54, 1.807) is 12.1 Å². The van der Waals surface area contributed by atoms with Gasteiger partial charge in [0, 0.05) is 24.8 Å². The lowest BCUT2D eigenvalue weighted by atomic mass is 10.3. The third-order valence-corrected chi connectivity index (χ3v) is 3.35. The maximum absolute atomic E-state index is 12.3. The Morgan fingerprint density at radius 1 is 1.27 bits per heavy atom. The minimum atomic E-state index is -0.296. The number of carbonyl (C=O) groups is 1. The Bertz CT molecular complexity index is 670. The van der Waals surface area contributed by atoms with Gasteiger partial charge in [-0.2, -0.15) is 0 Å². The molecule has 0 saturated carbocycles. The highest BCUT2D eigenvalue weighted by Gasteiger charge is 2.15. The number of rotatable bonds is 3. The molecular formula is C15H17N5O2. The van der Waals surface area contributed by atoms with Gasteiger partial charge in [-0.15, -0.1) is 0 Å². The summed E-state index contributed by atoms with van der Waals surface area (Å²) in [7, 11) is 0. The zero-order chi connectivity index (χ0) is 15.4. The minimum Gasteiger partial charge on any atom is -0.378 e. The van der Waals surface area contributed by atoms with E-state index in [2.05, 4.69) is 25.2 Å². The van der Waals surface area contributed by atoms with Crippen molar-refractivity contribution in [1.82, 2.24) is 15.0 Å². The van der Waals surface area contributed by atoms with Crippen LogP contribution in [0.3, 0.4) is 0 Å². The van der Waals surface area contributed by atoms with Gasteiger partial charge in [0.2, 0.25) is 0 Å². The van der Waals surface area contributed by atoms with Crippen molar-refractivity contribution in [1.29, 1.82) is 0 Å². The Hall–Kier alpha value is -2.54. The number of aryl methyl sites for hydroxylation is 1. The molecule has 1 aliphatic heterocycles. The molecular weight excluding hydrogens is 282 g/mol. The minimum absolute atomic E-state index is 0.296. The monoisotopic (exact) mass is 299 g/mol. The van der Waals surface area contributed by atoms with E-state index >= 15 is 0 Å². The number of nitrogens with zero attached hydrogens (tertiary/aromatic N) is 4. The zero-order valence-corrected chi connectivity index (χ0v) is 12.3. The van der Waals surface area contributed by atoms with Crippen LogP contribution in [0.15, 0.2) is 30.6 Å². The van der Waals surface area contributed by atoms with Crippen molar-refractivity contribution in [2.75, 3.05) is 36.5 Å². The highest BCUT2D eigenvalue weighted by atomic mass is 16.5. The van der Waals surface area contributed by atoms with Crippen LogP contribution >= 0.6 is 0 Å². The van der Waals surface area contributed by atoms with Gasteiger partial charge in [-0.1, -0.05) is 6.07 Å². The number of morpholine rings is 1. The molecule has 0 atom stereocenters. The molecule has 1 amide bonds. The Balaban J connectivity index is 1.75. The molecule has 2 aromatic rings. The van der Waals surface area contributed by atoms with Gasteiger partial charge >= 0.3 is 0 Å². The first-order valence-corrected chi connectivity index (χ1v) is 7.12. The van der Waals surface area contributed by atoms with Crippen molar-refractivity contribution in [2.24, 2.45) is 0 Å². The Kier molecular flexibility index (Phi) is 4.24. The summed E-state index contributed by atoms with van der Waals surface area (Å²) in [6, 6.07) is 7.15. The number of amides is 1. The molecule has 0 unspecified atom stereocenters. The Morgan fingerprint density at radius 2 is 2.09 bits per heavy atom. The summed E-state index contributed by atoms with van der Waals surface area (Å²) in [5.74, 6) is 0.951. The fourth-order valence-electron chi connectivity index (χ4n) is 2.23. The van der Waals surface area contributed by atoms with Gasteiger partial charge in [-0.3, -0.25) is 4.79 Å². The molecule has 0 aromatic carbocycles. The molecule has 7 heteroatoms. The predicted octanol–water partition coefficient (Wildman–Crippen LogP) is 1.27. The molecule has 1 N–H and O–H groups in total. The average Bonchev–Trinajstić information content (AvgIpc) is 2.56. The average molecular weight is 299 g/mol. The van der Waals surface area contributed by atoms with Gasteiger partial charge < -0.3 is 15.0 Å². The second-order valence-electron chi connectivity index (χ2n) is 4.98. The smallest absolute Gasteiger partial charge is 0.275 e. The summed E-state index contributed by atoms with van der Waals surface area (Å²) in [6.07, 6.45) is 1.41. The molecule has 0 aliphatic carbocycles. The lowest BCUT2D eigenvalue weighted by molar-refractivity contribution is 0.102. The molecule has 3 rings (SSSR count). The molecule has 2 aromatic heterocycles. The van der Waals surface area contributed by atoms with Crippen LogP contribution in [0.25, 0.3) is 0 Å². The van der Waals surface area contributed by atoms with Crippen molar-refractivity contribution in [3.05, 3.63) is 42.0 Å². The molecule has 1 saturated heterocycles.